The van der Waals surface area contributed by atoms with Crippen molar-refractivity contribution >= 4 is 22.9 Å². The Morgan fingerprint density at radius 3 is 2.23 bits per heavy atom. The molecule has 0 atom stereocenters. The summed E-state index contributed by atoms with van der Waals surface area (Å²) >= 11 is 0. The van der Waals surface area contributed by atoms with E-state index in [4.69, 9.17) is 9.47 Å². The molecule has 0 saturated heterocycles. The molecule has 0 aliphatic rings. The summed E-state index contributed by atoms with van der Waals surface area (Å²) in [6, 6.07) is 15.9. The number of methoxy groups -OCH3 is 2. The Hall–Kier alpha value is -3.54. The minimum absolute atomic E-state index is 0.0977. The van der Waals surface area contributed by atoms with Gasteiger partial charge in [-0.1, -0.05) is 24.3 Å². The average Bonchev–Trinajstić information content (AvgIpc) is 2.66. The predicted molar refractivity (Wildman–Crippen MR) is 100 cm³/mol. The van der Waals surface area contributed by atoms with Gasteiger partial charge in [-0.25, -0.2) is 5.43 Å². The van der Waals surface area contributed by atoms with Crippen molar-refractivity contribution in [2.45, 2.75) is 0 Å². The number of nitrogens with zero attached hydrogens (tertiary/aromatic N) is 1. The van der Waals surface area contributed by atoms with Gasteiger partial charge in [-0.3, -0.25) is 4.79 Å². The Labute approximate surface area is 150 Å². The highest BCUT2D eigenvalue weighted by atomic mass is 16.5. The molecular weight excluding hydrogens is 332 g/mol. The van der Waals surface area contributed by atoms with Crippen LogP contribution < -0.4 is 14.9 Å². The molecule has 0 heterocycles. The van der Waals surface area contributed by atoms with Gasteiger partial charge in [0.15, 0.2) is 0 Å². The first-order valence-corrected chi connectivity index (χ1v) is 7.89. The first-order valence-electron chi connectivity index (χ1n) is 7.89. The smallest absolute Gasteiger partial charge is 0.275 e. The normalized spacial score (nSPS) is 10.8. The van der Waals surface area contributed by atoms with E-state index >= 15 is 0 Å². The van der Waals surface area contributed by atoms with Gasteiger partial charge < -0.3 is 14.6 Å². The lowest BCUT2D eigenvalue weighted by Crippen LogP contribution is -2.17. The summed E-state index contributed by atoms with van der Waals surface area (Å²) in [6.45, 7) is 0. The summed E-state index contributed by atoms with van der Waals surface area (Å²) in [5, 5.41) is 15.7. The van der Waals surface area contributed by atoms with Crippen LogP contribution in [0.25, 0.3) is 10.8 Å². The minimum atomic E-state index is -0.501. The lowest BCUT2D eigenvalue weighted by atomic mass is 10.1. The first-order chi connectivity index (χ1) is 12.6. The molecule has 6 heteroatoms. The maximum atomic E-state index is 12.3. The SMILES string of the molecule is COc1cc(/C=N/NC(=O)c2cc3ccccc3cc2O)cc(OC)c1. The number of ether oxygens (including phenoxy) is 2. The second kappa shape index (κ2) is 7.57. The summed E-state index contributed by atoms with van der Waals surface area (Å²) in [6.07, 6.45) is 1.47. The highest BCUT2D eigenvalue weighted by Gasteiger charge is 2.11. The predicted octanol–water partition coefficient (Wildman–Crippen LogP) is 3.33. The lowest BCUT2D eigenvalue weighted by Gasteiger charge is -2.06. The van der Waals surface area contributed by atoms with Crippen molar-refractivity contribution in [3.63, 3.8) is 0 Å². The average molecular weight is 350 g/mol. The molecular formula is C20H18N2O4. The van der Waals surface area contributed by atoms with Crippen LogP contribution in [0.2, 0.25) is 0 Å². The van der Waals surface area contributed by atoms with Crippen LogP contribution in [0.3, 0.4) is 0 Å². The number of nitrogens with one attached hydrogen (secondary N) is 1. The van der Waals surface area contributed by atoms with Crippen LogP contribution in [0, 0.1) is 0 Å². The van der Waals surface area contributed by atoms with Crippen molar-refractivity contribution in [2.75, 3.05) is 14.2 Å². The summed E-state index contributed by atoms with van der Waals surface area (Å²) in [4.78, 5) is 12.3. The number of hydrogen-bond donors (Lipinski definition) is 2. The number of carbonyl (C=O) groups excluding carboxylic acids is 1. The van der Waals surface area contributed by atoms with Crippen LogP contribution in [-0.2, 0) is 0 Å². The Kier molecular flexibility index (Phi) is 5.03. The second-order valence-corrected chi connectivity index (χ2v) is 5.56. The van der Waals surface area contributed by atoms with Gasteiger partial charge in [-0.2, -0.15) is 5.10 Å². The van der Waals surface area contributed by atoms with Gasteiger partial charge in [0.1, 0.15) is 17.2 Å². The van der Waals surface area contributed by atoms with Crippen molar-refractivity contribution in [2.24, 2.45) is 5.10 Å². The summed E-state index contributed by atoms with van der Waals surface area (Å²) < 4.78 is 10.4. The molecule has 3 aromatic rings. The number of benzene rings is 3. The number of phenols is 1. The molecule has 0 saturated carbocycles. The van der Waals surface area contributed by atoms with E-state index in [1.54, 1.807) is 44.6 Å². The van der Waals surface area contributed by atoms with Gasteiger partial charge in [-0.05, 0) is 35.0 Å². The quantitative estimate of drug-likeness (QED) is 0.546. The first kappa shape index (κ1) is 17.3. The molecule has 0 aliphatic carbocycles. The van der Waals surface area contributed by atoms with E-state index in [1.165, 1.54) is 6.21 Å². The number of rotatable bonds is 5. The molecule has 26 heavy (non-hydrogen) atoms. The van der Waals surface area contributed by atoms with Crippen LogP contribution in [0.5, 0.6) is 17.2 Å². The minimum Gasteiger partial charge on any atom is -0.507 e. The van der Waals surface area contributed by atoms with Crippen LogP contribution >= 0.6 is 0 Å². The number of carbonyl (C=O) groups is 1. The zero-order valence-corrected chi connectivity index (χ0v) is 14.4. The topological polar surface area (TPSA) is 80.2 Å². The number of hydrazone groups is 1. The molecule has 0 fully saturated rings. The summed E-state index contributed by atoms with van der Waals surface area (Å²) in [5.74, 6) is 0.632. The van der Waals surface area contributed by atoms with E-state index < -0.39 is 5.91 Å². The van der Waals surface area contributed by atoms with Crippen molar-refractivity contribution in [3.8, 4) is 17.2 Å². The molecule has 6 nitrogen and oxygen atoms in total. The van der Waals surface area contributed by atoms with Crippen molar-refractivity contribution < 1.29 is 19.4 Å². The van der Waals surface area contributed by atoms with Crippen LogP contribution in [0.4, 0.5) is 0 Å². The molecule has 3 rings (SSSR count). The third-order valence-electron chi connectivity index (χ3n) is 3.86. The van der Waals surface area contributed by atoms with E-state index in [9.17, 15) is 9.90 Å². The molecule has 132 valence electrons. The Morgan fingerprint density at radius 1 is 1.00 bits per heavy atom. The van der Waals surface area contributed by atoms with E-state index in [-0.39, 0.29) is 11.3 Å². The molecule has 0 aliphatic heterocycles. The number of aromatic hydroxyl groups is 1. The van der Waals surface area contributed by atoms with Crippen LogP contribution in [0.1, 0.15) is 15.9 Å². The van der Waals surface area contributed by atoms with Crippen molar-refractivity contribution in [1.82, 2.24) is 5.43 Å². The molecule has 0 radical (unpaired) electrons. The Morgan fingerprint density at radius 2 is 1.62 bits per heavy atom. The zero-order valence-electron chi connectivity index (χ0n) is 14.4. The number of phenolic OH excluding ortho intramolecular Hbond substituents is 1. The maximum absolute atomic E-state index is 12.3. The summed E-state index contributed by atoms with van der Waals surface area (Å²) in [5.41, 5.74) is 3.27. The highest BCUT2D eigenvalue weighted by molar-refractivity contribution is 6.01. The molecule has 1 amide bonds. The zero-order chi connectivity index (χ0) is 18.5. The number of amides is 1. The Balaban J connectivity index is 1.78. The highest BCUT2D eigenvalue weighted by Crippen LogP contribution is 2.25. The second-order valence-electron chi connectivity index (χ2n) is 5.56. The van der Waals surface area contributed by atoms with E-state index in [0.717, 1.165) is 10.8 Å². The van der Waals surface area contributed by atoms with Gasteiger partial charge in [0.05, 0.1) is 26.0 Å². The van der Waals surface area contributed by atoms with E-state index in [0.29, 0.717) is 17.1 Å². The van der Waals surface area contributed by atoms with E-state index in [2.05, 4.69) is 10.5 Å². The fraction of sp³-hybridized carbons (Fsp3) is 0.100. The number of hydrogen-bond acceptors (Lipinski definition) is 5. The molecule has 0 spiro atoms. The largest absolute Gasteiger partial charge is 0.507 e. The molecule has 0 bridgehead atoms. The molecule has 3 aromatic carbocycles. The van der Waals surface area contributed by atoms with Crippen molar-refractivity contribution in [1.29, 1.82) is 0 Å². The monoisotopic (exact) mass is 350 g/mol. The Bertz CT molecular complexity index is 960. The van der Waals surface area contributed by atoms with Gasteiger partial charge >= 0.3 is 0 Å². The van der Waals surface area contributed by atoms with Gasteiger partial charge in [0.2, 0.25) is 0 Å². The molecule has 0 unspecified atom stereocenters. The molecule has 2 N–H and O–H groups in total. The van der Waals surface area contributed by atoms with Gasteiger partial charge in [0.25, 0.3) is 5.91 Å². The fourth-order valence-electron chi connectivity index (χ4n) is 2.54. The third kappa shape index (κ3) is 3.75. The van der Waals surface area contributed by atoms with Crippen LogP contribution in [0.15, 0.2) is 59.7 Å². The van der Waals surface area contributed by atoms with Gasteiger partial charge in [-0.15, -0.1) is 0 Å². The van der Waals surface area contributed by atoms with Gasteiger partial charge in [0, 0.05) is 11.6 Å². The van der Waals surface area contributed by atoms with Crippen LogP contribution in [-0.4, -0.2) is 31.4 Å². The number of fused-ring (bicyclic) bond motifs is 1. The van der Waals surface area contributed by atoms with E-state index in [1.807, 2.05) is 24.3 Å². The standard InChI is InChI=1S/C20H18N2O4/c1-25-16-7-13(8-17(11-16)26-2)12-21-22-20(24)18-9-14-5-3-4-6-15(14)10-19(18)23/h3-12,23H,1-2H3,(H,22,24)/b21-12+. The fourth-order valence-corrected chi connectivity index (χ4v) is 2.54. The lowest BCUT2D eigenvalue weighted by molar-refractivity contribution is 0.0952. The third-order valence-corrected chi connectivity index (χ3v) is 3.86. The summed E-state index contributed by atoms with van der Waals surface area (Å²) in [7, 11) is 3.11. The maximum Gasteiger partial charge on any atom is 0.275 e. The molecule has 0 aromatic heterocycles. The van der Waals surface area contributed by atoms with Crippen molar-refractivity contribution in [3.05, 3.63) is 65.7 Å².